The van der Waals surface area contributed by atoms with E-state index in [-0.39, 0.29) is 35.8 Å². The number of carbonyl (C=O) groups is 3. The molecule has 0 saturated heterocycles. The molecule has 0 saturated carbocycles. The average Bonchev–Trinajstić information content (AvgIpc) is 3.39. The van der Waals surface area contributed by atoms with E-state index in [1.807, 2.05) is 68.4 Å². The van der Waals surface area contributed by atoms with Gasteiger partial charge in [-0.1, -0.05) is 56.3 Å². The van der Waals surface area contributed by atoms with E-state index in [1.54, 1.807) is 29.7 Å². The van der Waals surface area contributed by atoms with E-state index in [0.717, 1.165) is 10.9 Å². The molecule has 0 bridgehead atoms. The predicted molar refractivity (Wildman–Crippen MR) is 166 cm³/mol. The molecule has 1 aliphatic heterocycles. The third kappa shape index (κ3) is 7.04. The summed E-state index contributed by atoms with van der Waals surface area (Å²) in [6.45, 7) is 6.78. The Labute approximate surface area is 257 Å². The van der Waals surface area contributed by atoms with Gasteiger partial charge in [-0.05, 0) is 37.0 Å². The number of nitrogens with one attached hydrogen (secondary N) is 2. The van der Waals surface area contributed by atoms with Crippen molar-refractivity contribution in [2.75, 3.05) is 20.2 Å². The number of nitrogens with zero attached hydrogens (tertiary/aromatic N) is 5. The van der Waals surface area contributed by atoms with Crippen molar-refractivity contribution >= 4 is 28.6 Å². The zero-order valence-electron chi connectivity index (χ0n) is 25.6. The molecular weight excluding hydrogens is 558 g/mol. The van der Waals surface area contributed by atoms with Crippen LogP contribution in [0.3, 0.4) is 0 Å². The van der Waals surface area contributed by atoms with Crippen LogP contribution in [0.4, 0.5) is 0 Å². The maximum Gasteiger partial charge on any atom is 0.272 e. The van der Waals surface area contributed by atoms with Crippen LogP contribution in [-0.2, 0) is 22.6 Å². The lowest BCUT2D eigenvalue weighted by atomic mass is 10.0. The van der Waals surface area contributed by atoms with Gasteiger partial charge in [0.15, 0.2) is 0 Å². The minimum atomic E-state index is -0.779. The van der Waals surface area contributed by atoms with Gasteiger partial charge in [0, 0.05) is 37.4 Å². The lowest BCUT2D eigenvalue weighted by Gasteiger charge is -2.28. The Bertz CT molecular complexity index is 1640. The standard InChI is InChI=1S/C33H39N7O4/c1-21(2)30-31-34-22(3)38-40(31)18-17-39(33(43)27-20-28(44-4)24-13-8-9-14-25(24)35-27)16-10-15-29(41)36-26(32(42)37-30)19-23-11-6-5-7-12-23/h5-9,11-14,20-21,26,30H,10,15-19H2,1-4H3,(H,36,41)(H,37,42)/t26-,30+/m0/s1. The zero-order chi connectivity index (χ0) is 31.2. The first-order valence-corrected chi connectivity index (χ1v) is 15.0. The van der Waals surface area contributed by atoms with Gasteiger partial charge in [-0.15, -0.1) is 0 Å². The lowest BCUT2D eigenvalue weighted by Crippen LogP contribution is -2.50. The second kappa shape index (κ2) is 13.7. The van der Waals surface area contributed by atoms with E-state index in [2.05, 4.69) is 25.7 Å². The SMILES string of the molecule is COc1cc(C(=O)N2CCCC(=O)N[C@@H](Cc3ccccc3)C(=O)N[C@H](C(C)C)c3nc(C)nn3CC2)nc2ccccc12. The highest BCUT2D eigenvalue weighted by molar-refractivity contribution is 5.97. The van der Waals surface area contributed by atoms with E-state index in [0.29, 0.717) is 55.4 Å². The number of benzene rings is 2. The largest absolute Gasteiger partial charge is 0.496 e. The summed E-state index contributed by atoms with van der Waals surface area (Å²) in [6.07, 6.45) is 0.896. The van der Waals surface area contributed by atoms with E-state index in [4.69, 9.17) is 4.74 Å². The van der Waals surface area contributed by atoms with Gasteiger partial charge in [0.25, 0.3) is 5.91 Å². The molecule has 2 N–H and O–H groups in total. The number of carbonyl (C=O) groups excluding carboxylic acids is 3. The fraction of sp³-hybridized carbons (Fsp3) is 0.394. The topological polar surface area (TPSA) is 131 Å². The van der Waals surface area contributed by atoms with E-state index < -0.39 is 12.1 Å². The fourth-order valence-electron chi connectivity index (χ4n) is 5.52. The highest BCUT2D eigenvalue weighted by Gasteiger charge is 2.30. The summed E-state index contributed by atoms with van der Waals surface area (Å²) in [5.41, 5.74) is 1.85. The summed E-state index contributed by atoms with van der Waals surface area (Å²) in [5, 5.41) is 11.5. The number of methoxy groups -OCH3 is 1. The number of amides is 3. The van der Waals surface area contributed by atoms with Crippen molar-refractivity contribution in [1.82, 2.24) is 35.3 Å². The Morgan fingerprint density at radius 1 is 1.00 bits per heavy atom. The van der Waals surface area contributed by atoms with E-state index >= 15 is 0 Å². The molecule has 4 aromatic rings. The monoisotopic (exact) mass is 597 g/mol. The minimum Gasteiger partial charge on any atom is -0.496 e. The molecule has 11 heteroatoms. The molecule has 2 atom stereocenters. The summed E-state index contributed by atoms with van der Waals surface area (Å²) in [6, 6.07) is 17.5. The van der Waals surface area contributed by atoms with Gasteiger partial charge in [0.05, 0.1) is 25.2 Å². The maximum atomic E-state index is 13.9. The van der Waals surface area contributed by atoms with Crippen molar-refractivity contribution in [1.29, 1.82) is 0 Å². The summed E-state index contributed by atoms with van der Waals surface area (Å²) < 4.78 is 7.35. The molecule has 2 aromatic heterocycles. The number of ether oxygens (including phenoxy) is 1. The summed E-state index contributed by atoms with van der Waals surface area (Å²) in [5.74, 6) is 0.914. The number of fused-ring (bicyclic) bond motifs is 2. The molecule has 0 fully saturated rings. The molecule has 0 radical (unpaired) electrons. The number of pyridine rings is 1. The third-order valence-corrected chi connectivity index (χ3v) is 7.80. The van der Waals surface area contributed by atoms with E-state index in [1.165, 1.54) is 0 Å². The highest BCUT2D eigenvalue weighted by atomic mass is 16.5. The van der Waals surface area contributed by atoms with Crippen molar-refractivity contribution in [3.05, 3.63) is 83.6 Å². The van der Waals surface area contributed by atoms with Crippen LogP contribution in [0.2, 0.25) is 0 Å². The van der Waals surface area contributed by atoms with Crippen LogP contribution < -0.4 is 15.4 Å². The zero-order valence-corrected chi connectivity index (χ0v) is 25.6. The Morgan fingerprint density at radius 3 is 2.50 bits per heavy atom. The number of para-hydroxylation sites is 1. The second-order valence-electron chi connectivity index (χ2n) is 11.4. The highest BCUT2D eigenvalue weighted by Crippen LogP contribution is 2.26. The summed E-state index contributed by atoms with van der Waals surface area (Å²) in [4.78, 5) is 51.7. The van der Waals surface area contributed by atoms with E-state index in [9.17, 15) is 14.4 Å². The molecule has 2 aromatic carbocycles. The van der Waals surface area contributed by atoms with Crippen LogP contribution in [0.25, 0.3) is 10.9 Å². The number of rotatable bonds is 5. The first-order chi connectivity index (χ1) is 21.2. The van der Waals surface area contributed by atoms with Gasteiger partial charge in [-0.25, -0.2) is 14.6 Å². The minimum absolute atomic E-state index is 0.0192. The van der Waals surface area contributed by atoms with Crippen molar-refractivity contribution in [2.24, 2.45) is 5.92 Å². The number of hydrogen-bond donors (Lipinski definition) is 2. The van der Waals surface area contributed by atoms with Crippen molar-refractivity contribution in [2.45, 2.75) is 58.7 Å². The van der Waals surface area contributed by atoms with Gasteiger partial charge in [0.2, 0.25) is 11.8 Å². The Hall–Kier alpha value is -4.80. The summed E-state index contributed by atoms with van der Waals surface area (Å²) in [7, 11) is 1.57. The van der Waals surface area contributed by atoms with Crippen LogP contribution in [0, 0.1) is 12.8 Å². The Kier molecular flexibility index (Phi) is 9.52. The van der Waals surface area contributed by atoms with Crippen molar-refractivity contribution < 1.29 is 19.1 Å². The lowest BCUT2D eigenvalue weighted by molar-refractivity contribution is -0.129. The second-order valence-corrected chi connectivity index (χ2v) is 11.4. The molecule has 44 heavy (non-hydrogen) atoms. The first kappa shape index (κ1) is 30.7. The number of aryl methyl sites for hydroxylation is 1. The van der Waals surface area contributed by atoms with Crippen LogP contribution >= 0.6 is 0 Å². The fourth-order valence-corrected chi connectivity index (χ4v) is 5.52. The number of hydrogen-bond acceptors (Lipinski definition) is 7. The number of aromatic nitrogens is 4. The molecule has 11 nitrogen and oxygen atoms in total. The Morgan fingerprint density at radius 2 is 1.75 bits per heavy atom. The summed E-state index contributed by atoms with van der Waals surface area (Å²) >= 11 is 0. The maximum absolute atomic E-state index is 13.9. The quantitative estimate of drug-likeness (QED) is 0.359. The van der Waals surface area contributed by atoms with Crippen molar-refractivity contribution in [3.63, 3.8) is 0 Å². The molecule has 5 rings (SSSR count). The molecular formula is C33H39N7O4. The van der Waals surface area contributed by atoms with Crippen molar-refractivity contribution in [3.8, 4) is 5.75 Å². The smallest absolute Gasteiger partial charge is 0.272 e. The van der Waals surface area contributed by atoms with Crippen LogP contribution in [-0.4, -0.2) is 68.6 Å². The molecule has 0 unspecified atom stereocenters. The average molecular weight is 598 g/mol. The molecule has 230 valence electrons. The first-order valence-electron chi connectivity index (χ1n) is 15.0. The third-order valence-electron chi connectivity index (χ3n) is 7.80. The molecule has 3 amide bonds. The molecule has 0 aliphatic carbocycles. The predicted octanol–water partition coefficient (Wildman–Crippen LogP) is 3.62. The van der Waals surface area contributed by atoms with Gasteiger partial charge >= 0.3 is 0 Å². The molecule has 0 spiro atoms. The molecule has 1 aliphatic rings. The Balaban J connectivity index is 1.47. The van der Waals surface area contributed by atoms with Gasteiger partial charge < -0.3 is 20.3 Å². The van der Waals surface area contributed by atoms with Gasteiger partial charge in [-0.2, -0.15) is 5.10 Å². The van der Waals surface area contributed by atoms with Crippen LogP contribution in [0.5, 0.6) is 5.75 Å². The normalized spacial score (nSPS) is 18.3. The molecule has 3 heterocycles. The van der Waals surface area contributed by atoms with Gasteiger partial charge in [0.1, 0.15) is 29.1 Å². The van der Waals surface area contributed by atoms with Gasteiger partial charge in [-0.3, -0.25) is 14.4 Å². The van der Waals surface area contributed by atoms with Crippen LogP contribution in [0.1, 0.15) is 60.4 Å². The van der Waals surface area contributed by atoms with Crippen LogP contribution in [0.15, 0.2) is 60.7 Å².